The molecule has 94 valence electrons. The van der Waals surface area contributed by atoms with Crippen molar-refractivity contribution in [3.05, 3.63) is 34.9 Å². The zero-order valence-electron chi connectivity index (χ0n) is 11.0. The van der Waals surface area contributed by atoms with Crippen LogP contribution in [0.5, 0.6) is 0 Å². The molecule has 1 aromatic carbocycles. The van der Waals surface area contributed by atoms with Gasteiger partial charge in [-0.3, -0.25) is 0 Å². The summed E-state index contributed by atoms with van der Waals surface area (Å²) in [5, 5.41) is 19.1. The number of aliphatic hydroxyl groups is 1. The lowest BCUT2D eigenvalue weighted by atomic mass is 9.83. The predicted molar refractivity (Wildman–Crippen MR) is 67.3 cm³/mol. The molecule has 3 heteroatoms. The summed E-state index contributed by atoms with van der Waals surface area (Å²) >= 11 is 0. The minimum Gasteiger partial charge on any atom is -0.478 e. The van der Waals surface area contributed by atoms with E-state index in [0.717, 1.165) is 5.56 Å². The second kappa shape index (κ2) is 4.15. The van der Waals surface area contributed by atoms with Crippen molar-refractivity contribution in [2.24, 2.45) is 0 Å². The number of hydrogen-bond donors (Lipinski definition) is 2. The predicted octanol–water partition coefficient (Wildman–Crippen LogP) is 2.91. The molecule has 17 heavy (non-hydrogen) atoms. The molecule has 0 heterocycles. The van der Waals surface area contributed by atoms with E-state index in [-0.39, 0.29) is 11.0 Å². The molecular formula is C14H20O3. The normalized spacial score (nSPS) is 12.6. The summed E-state index contributed by atoms with van der Waals surface area (Å²) in [4.78, 5) is 11.1. The van der Waals surface area contributed by atoms with Crippen molar-refractivity contribution in [2.75, 3.05) is 0 Å². The van der Waals surface area contributed by atoms with Gasteiger partial charge in [0.25, 0.3) is 0 Å². The summed E-state index contributed by atoms with van der Waals surface area (Å²) in [6.07, 6.45) is 0. The highest BCUT2D eigenvalue weighted by atomic mass is 16.4. The second-order valence-electron chi connectivity index (χ2n) is 5.91. The van der Waals surface area contributed by atoms with E-state index in [2.05, 4.69) is 0 Å². The first-order valence-electron chi connectivity index (χ1n) is 5.63. The van der Waals surface area contributed by atoms with Gasteiger partial charge >= 0.3 is 5.97 Å². The van der Waals surface area contributed by atoms with Crippen LogP contribution in [0.15, 0.2) is 18.2 Å². The van der Waals surface area contributed by atoms with Gasteiger partial charge in [-0.15, -0.1) is 0 Å². The fourth-order valence-electron chi connectivity index (χ4n) is 1.54. The van der Waals surface area contributed by atoms with Crippen molar-refractivity contribution in [3.63, 3.8) is 0 Å². The molecule has 0 fully saturated rings. The maximum atomic E-state index is 11.1. The van der Waals surface area contributed by atoms with Crippen LogP contribution in [0.2, 0.25) is 0 Å². The Kier molecular flexibility index (Phi) is 3.35. The van der Waals surface area contributed by atoms with Gasteiger partial charge in [-0.05, 0) is 42.5 Å². The largest absolute Gasteiger partial charge is 0.478 e. The van der Waals surface area contributed by atoms with Crippen LogP contribution in [-0.2, 0) is 11.0 Å². The van der Waals surface area contributed by atoms with Gasteiger partial charge in [-0.25, -0.2) is 4.79 Å². The van der Waals surface area contributed by atoms with E-state index in [4.69, 9.17) is 5.11 Å². The molecule has 1 aromatic rings. The third-order valence-corrected chi connectivity index (χ3v) is 2.75. The zero-order valence-corrected chi connectivity index (χ0v) is 11.0. The fraction of sp³-hybridized carbons (Fsp3) is 0.500. The molecular weight excluding hydrogens is 216 g/mol. The van der Waals surface area contributed by atoms with E-state index in [9.17, 15) is 9.90 Å². The third kappa shape index (κ3) is 3.30. The Hall–Kier alpha value is -1.35. The topological polar surface area (TPSA) is 57.5 Å². The molecule has 0 spiro atoms. The lowest BCUT2D eigenvalue weighted by Crippen LogP contribution is -2.20. The molecule has 0 aromatic heterocycles. The molecule has 0 atom stereocenters. The molecule has 0 bridgehead atoms. The van der Waals surface area contributed by atoms with Gasteiger partial charge in [0.1, 0.15) is 0 Å². The van der Waals surface area contributed by atoms with Gasteiger partial charge in [-0.1, -0.05) is 26.8 Å². The third-order valence-electron chi connectivity index (χ3n) is 2.75. The molecule has 0 amide bonds. The Morgan fingerprint density at radius 1 is 1.00 bits per heavy atom. The maximum absolute atomic E-state index is 11.1. The smallest absolute Gasteiger partial charge is 0.335 e. The molecule has 0 saturated heterocycles. The van der Waals surface area contributed by atoms with E-state index < -0.39 is 11.6 Å². The first-order chi connectivity index (χ1) is 7.51. The standard InChI is InChI=1S/C14H20O3/c1-13(2,3)10-6-9(12(15)16)7-11(8-10)14(4,5)17/h6-8,17H,1-5H3,(H,15,16). The lowest BCUT2D eigenvalue weighted by molar-refractivity contribution is 0.0692. The molecule has 3 nitrogen and oxygen atoms in total. The van der Waals surface area contributed by atoms with Crippen molar-refractivity contribution in [2.45, 2.75) is 45.6 Å². The molecule has 1 rings (SSSR count). The van der Waals surface area contributed by atoms with Crippen molar-refractivity contribution in [1.29, 1.82) is 0 Å². The van der Waals surface area contributed by atoms with Gasteiger partial charge in [-0.2, -0.15) is 0 Å². The first kappa shape index (κ1) is 13.7. The van der Waals surface area contributed by atoms with Crippen molar-refractivity contribution < 1.29 is 15.0 Å². The average Bonchev–Trinajstić information content (AvgIpc) is 2.14. The molecule has 0 aliphatic heterocycles. The van der Waals surface area contributed by atoms with Gasteiger partial charge in [0, 0.05) is 0 Å². The molecule has 0 unspecified atom stereocenters. The van der Waals surface area contributed by atoms with Crippen LogP contribution < -0.4 is 0 Å². The quantitative estimate of drug-likeness (QED) is 0.830. The molecule has 2 N–H and O–H groups in total. The van der Waals surface area contributed by atoms with E-state index >= 15 is 0 Å². The maximum Gasteiger partial charge on any atom is 0.335 e. The second-order valence-corrected chi connectivity index (χ2v) is 5.91. The highest BCUT2D eigenvalue weighted by molar-refractivity contribution is 5.88. The van der Waals surface area contributed by atoms with Crippen LogP contribution >= 0.6 is 0 Å². The molecule has 0 aliphatic carbocycles. The number of rotatable bonds is 2. The van der Waals surface area contributed by atoms with E-state index in [0.29, 0.717) is 5.56 Å². The SMILES string of the molecule is CC(C)(C)c1cc(C(=O)O)cc(C(C)(C)O)c1. The Bertz CT molecular complexity index is 402. The Balaban J connectivity index is 3.45. The number of carboxylic acids is 1. The number of carboxylic acid groups (broad SMARTS) is 1. The summed E-state index contributed by atoms with van der Waals surface area (Å²) in [6.45, 7) is 9.35. The minimum absolute atomic E-state index is 0.147. The number of carbonyl (C=O) groups is 1. The Morgan fingerprint density at radius 3 is 1.82 bits per heavy atom. The monoisotopic (exact) mass is 236 g/mol. The molecule has 0 aliphatic rings. The van der Waals surface area contributed by atoms with Crippen LogP contribution in [-0.4, -0.2) is 16.2 Å². The van der Waals surface area contributed by atoms with Gasteiger partial charge in [0.2, 0.25) is 0 Å². The highest BCUT2D eigenvalue weighted by Crippen LogP contribution is 2.29. The Labute approximate surface area is 102 Å². The van der Waals surface area contributed by atoms with Gasteiger partial charge in [0.05, 0.1) is 11.2 Å². The summed E-state index contributed by atoms with van der Waals surface area (Å²) in [5.74, 6) is -0.971. The lowest BCUT2D eigenvalue weighted by Gasteiger charge is -2.24. The number of benzene rings is 1. The van der Waals surface area contributed by atoms with Gasteiger partial charge < -0.3 is 10.2 Å². The van der Waals surface area contributed by atoms with E-state index in [1.807, 2.05) is 26.8 Å². The Morgan fingerprint density at radius 2 is 1.47 bits per heavy atom. The van der Waals surface area contributed by atoms with Crippen molar-refractivity contribution in [3.8, 4) is 0 Å². The van der Waals surface area contributed by atoms with Crippen molar-refractivity contribution >= 4 is 5.97 Å². The average molecular weight is 236 g/mol. The van der Waals surface area contributed by atoms with Crippen LogP contribution in [0, 0.1) is 0 Å². The number of hydrogen-bond acceptors (Lipinski definition) is 2. The summed E-state index contributed by atoms with van der Waals surface area (Å²) in [5.41, 5.74) is 0.572. The molecule has 0 saturated carbocycles. The van der Waals surface area contributed by atoms with Crippen LogP contribution in [0.1, 0.15) is 56.1 Å². The summed E-state index contributed by atoms with van der Waals surface area (Å²) in [6, 6.07) is 5.06. The van der Waals surface area contributed by atoms with Gasteiger partial charge in [0.15, 0.2) is 0 Å². The fourth-order valence-corrected chi connectivity index (χ4v) is 1.54. The highest BCUT2D eigenvalue weighted by Gasteiger charge is 2.22. The minimum atomic E-state index is -1.04. The summed E-state index contributed by atoms with van der Waals surface area (Å²) < 4.78 is 0. The first-order valence-corrected chi connectivity index (χ1v) is 5.63. The van der Waals surface area contributed by atoms with Crippen LogP contribution in [0.4, 0.5) is 0 Å². The number of aromatic carboxylic acids is 1. The van der Waals surface area contributed by atoms with Crippen LogP contribution in [0.25, 0.3) is 0 Å². The van der Waals surface area contributed by atoms with E-state index in [1.165, 1.54) is 6.07 Å². The molecule has 0 radical (unpaired) electrons. The zero-order chi connectivity index (χ0) is 13.4. The van der Waals surface area contributed by atoms with Crippen molar-refractivity contribution in [1.82, 2.24) is 0 Å². The summed E-state index contributed by atoms with van der Waals surface area (Å²) in [7, 11) is 0. The van der Waals surface area contributed by atoms with Crippen LogP contribution in [0.3, 0.4) is 0 Å². The van der Waals surface area contributed by atoms with E-state index in [1.54, 1.807) is 19.9 Å².